The van der Waals surface area contributed by atoms with Gasteiger partial charge >= 0.3 is 0 Å². The van der Waals surface area contributed by atoms with E-state index in [9.17, 15) is 0 Å². The van der Waals surface area contributed by atoms with Gasteiger partial charge in [-0.25, -0.2) is 0 Å². The molecule has 0 aromatic rings. The Bertz CT molecular complexity index is 97.2. The maximum Gasteiger partial charge on any atom is 0.0747 e. The molecular weight excluding hydrogens is 188 g/mol. The predicted molar refractivity (Wildman–Crippen MR) is 64.1 cm³/mol. The normalized spacial score (nSPS) is 11.1. The zero-order valence-electron chi connectivity index (χ0n) is 8.35. The van der Waals surface area contributed by atoms with E-state index in [-0.39, 0.29) is 0 Å². The molecule has 12 heavy (non-hydrogen) atoms. The van der Waals surface area contributed by atoms with E-state index < -0.39 is 0 Å². The Kier molecular flexibility index (Phi) is 13.7. The van der Waals surface area contributed by atoms with Crippen LogP contribution in [0.3, 0.4) is 0 Å². The smallest absolute Gasteiger partial charge is 0.0747 e. The van der Waals surface area contributed by atoms with Gasteiger partial charge in [0, 0.05) is 12.4 Å². The molecule has 4 heteroatoms. The molecule has 2 N–H and O–H groups in total. The molecule has 0 aromatic heterocycles. The van der Waals surface area contributed by atoms with E-state index in [1.807, 2.05) is 21.0 Å². The van der Waals surface area contributed by atoms with E-state index in [1.165, 1.54) is 0 Å². The molecule has 0 aliphatic rings. The van der Waals surface area contributed by atoms with Crippen molar-refractivity contribution in [2.75, 3.05) is 14.1 Å². The summed E-state index contributed by atoms with van der Waals surface area (Å²) in [5.41, 5.74) is 0. The predicted octanol–water partition coefficient (Wildman–Crippen LogP) is 1.81. The van der Waals surface area contributed by atoms with Gasteiger partial charge in [-0.2, -0.15) is 12.6 Å². The van der Waals surface area contributed by atoms with Gasteiger partial charge < -0.3 is 10.6 Å². The quantitative estimate of drug-likeness (QED) is 0.375. The standard InChI is InChI=1S/C4H11NS.C4H9NS/c2*1-3-4(6)5-2/h4-6H,3H2,1-2H3;3H2,1-2H3,(H,5,6). The molecule has 0 aliphatic heterocycles. The largest absolute Gasteiger partial charge is 0.383 e. The number of rotatable bonds is 3. The van der Waals surface area contributed by atoms with E-state index in [1.54, 1.807) is 0 Å². The molecule has 0 heterocycles. The molecule has 0 saturated carbocycles. The van der Waals surface area contributed by atoms with E-state index in [0.29, 0.717) is 5.37 Å². The molecule has 74 valence electrons. The topological polar surface area (TPSA) is 24.1 Å². The Morgan fingerprint density at radius 2 is 1.92 bits per heavy atom. The molecule has 2 nitrogen and oxygen atoms in total. The van der Waals surface area contributed by atoms with Gasteiger partial charge in [0.05, 0.1) is 4.99 Å². The average Bonchev–Trinajstić information content (AvgIpc) is 2.16. The van der Waals surface area contributed by atoms with Gasteiger partial charge in [-0.3, -0.25) is 0 Å². The fraction of sp³-hybridized carbons (Fsp3) is 0.875. The van der Waals surface area contributed by atoms with Crippen molar-refractivity contribution >= 4 is 29.8 Å². The van der Waals surface area contributed by atoms with Gasteiger partial charge in [-0.05, 0) is 19.9 Å². The van der Waals surface area contributed by atoms with Crippen LogP contribution in [-0.2, 0) is 0 Å². The third kappa shape index (κ3) is 12.8. The maximum atomic E-state index is 4.75. The summed E-state index contributed by atoms with van der Waals surface area (Å²) in [5.74, 6) is 0. The summed E-state index contributed by atoms with van der Waals surface area (Å²) in [6.45, 7) is 4.12. The third-order valence-electron chi connectivity index (χ3n) is 1.32. The summed E-state index contributed by atoms with van der Waals surface area (Å²) in [4.78, 5) is 0.926. The van der Waals surface area contributed by atoms with Crippen LogP contribution in [0.5, 0.6) is 0 Å². The molecule has 1 atom stereocenters. The molecule has 0 saturated heterocycles. The van der Waals surface area contributed by atoms with Crippen molar-refractivity contribution in [1.29, 1.82) is 0 Å². The summed E-state index contributed by atoms with van der Waals surface area (Å²) < 4.78 is 0. The molecule has 0 bridgehead atoms. The van der Waals surface area contributed by atoms with Crippen LogP contribution < -0.4 is 10.6 Å². The first kappa shape index (κ1) is 14.7. The Labute approximate surface area is 86.9 Å². The van der Waals surface area contributed by atoms with Gasteiger partial charge in [-0.15, -0.1) is 0 Å². The summed E-state index contributed by atoms with van der Waals surface area (Å²) in [6.07, 6.45) is 2.03. The van der Waals surface area contributed by atoms with E-state index in [2.05, 4.69) is 30.2 Å². The Hall–Kier alpha value is 0.200. The lowest BCUT2D eigenvalue weighted by Gasteiger charge is -2.01. The van der Waals surface area contributed by atoms with Crippen LogP contribution in [0.2, 0.25) is 0 Å². The molecular formula is C8H20N2S2. The minimum Gasteiger partial charge on any atom is -0.383 e. The van der Waals surface area contributed by atoms with Crippen molar-refractivity contribution in [3.8, 4) is 0 Å². The van der Waals surface area contributed by atoms with Crippen LogP contribution in [0.4, 0.5) is 0 Å². The molecule has 0 aromatic carbocycles. The summed E-state index contributed by atoms with van der Waals surface area (Å²) in [5, 5.41) is 6.20. The van der Waals surface area contributed by atoms with Crippen molar-refractivity contribution in [2.45, 2.75) is 32.1 Å². The minimum atomic E-state index is 0.380. The molecule has 1 unspecified atom stereocenters. The van der Waals surface area contributed by atoms with Gasteiger partial charge in [0.25, 0.3) is 0 Å². The van der Waals surface area contributed by atoms with Crippen molar-refractivity contribution in [2.24, 2.45) is 0 Å². The fourth-order valence-electron chi connectivity index (χ4n) is 0.381. The molecule has 0 amide bonds. The van der Waals surface area contributed by atoms with Crippen LogP contribution in [-0.4, -0.2) is 24.5 Å². The van der Waals surface area contributed by atoms with E-state index in [4.69, 9.17) is 12.2 Å². The van der Waals surface area contributed by atoms with Gasteiger partial charge in [-0.1, -0.05) is 26.1 Å². The molecule has 0 aliphatic carbocycles. The maximum absolute atomic E-state index is 4.75. The first-order valence-corrected chi connectivity index (χ1v) is 5.10. The van der Waals surface area contributed by atoms with Crippen LogP contribution >= 0.6 is 24.8 Å². The lowest BCUT2D eigenvalue weighted by Crippen LogP contribution is -2.16. The second-order valence-electron chi connectivity index (χ2n) is 2.24. The molecule has 0 rings (SSSR count). The van der Waals surface area contributed by atoms with Crippen LogP contribution in [0.15, 0.2) is 0 Å². The number of thiol groups is 1. The second kappa shape index (κ2) is 11.2. The van der Waals surface area contributed by atoms with Gasteiger partial charge in [0.2, 0.25) is 0 Å². The Balaban J connectivity index is 0. The SMILES string of the molecule is CCC(=S)NC.CCC(S)NC. The zero-order chi connectivity index (χ0) is 9.98. The van der Waals surface area contributed by atoms with Gasteiger partial charge in [0.1, 0.15) is 0 Å². The lowest BCUT2D eigenvalue weighted by atomic mass is 10.5. The monoisotopic (exact) mass is 208 g/mol. The Morgan fingerprint density at radius 3 is 1.92 bits per heavy atom. The van der Waals surface area contributed by atoms with Crippen molar-refractivity contribution in [3.05, 3.63) is 0 Å². The highest BCUT2D eigenvalue weighted by Crippen LogP contribution is 1.90. The highest BCUT2D eigenvalue weighted by Gasteiger charge is 1.87. The highest BCUT2D eigenvalue weighted by molar-refractivity contribution is 7.80. The first-order chi connectivity index (χ1) is 5.62. The summed E-state index contributed by atoms with van der Waals surface area (Å²) in [7, 11) is 3.74. The second-order valence-corrected chi connectivity index (χ2v) is 3.36. The minimum absolute atomic E-state index is 0.380. The summed E-state index contributed by atoms with van der Waals surface area (Å²) in [6, 6.07) is 0. The number of nitrogens with one attached hydrogen (secondary N) is 2. The van der Waals surface area contributed by atoms with Crippen LogP contribution in [0.1, 0.15) is 26.7 Å². The van der Waals surface area contributed by atoms with Crippen molar-refractivity contribution in [1.82, 2.24) is 10.6 Å². The van der Waals surface area contributed by atoms with E-state index in [0.717, 1.165) is 17.8 Å². The number of hydrogen-bond acceptors (Lipinski definition) is 3. The van der Waals surface area contributed by atoms with Crippen LogP contribution in [0.25, 0.3) is 0 Å². The van der Waals surface area contributed by atoms with Crippen molar-refractivity contribution < 1.29 is 0 Å². The Morgan fingerprint density at radius 1 is 1.42 bits per heavy atom. The van der Waals surface area contributed by atoms with Crippen LogP contribution in [0, 0.1) is 0 Å². The number of hydrogen-bond donors (Lipinski definition) is 3. The first-order valence-electron chi connectivity index (χ1n) is 4.18. The zero-order valence-corrected chi connectivity index (χ0v) is 10.1. The highest BCUT2D eigenvalue weighted by atomic mass is 32.1. The third-order valence-corrected chi connectivity index (χ3v) is 2.44. The molecule has 0 radical (unpaired) electrons. The van der Waals surface area contributed by atoms with Gasteiger partial charge in [0.15, 0.2) is 0 Å². The number of thiocarbonyl (C=S) groups is 1. The fourth-order valence-corrected chi connectivity index (χ4v) is 0.381. The van der Waals surface area contributed by atoms with Crippen molar-refractivity contribution in [3.63, 3.8) is 0 Å². The average molecular weight is 208 g/mol. The summed E-state index contributed by atoms with van der Waals surface area (Å²) >= 11 is 8.86. The lowest BCUT2D eigenvalue weighted by molar-refractivity contribution is 0.723. The van der Waals surface area contributed by atoms with E-state index >= 15 is 0 Å². The molecule has 0 spiro atoms. The molecule has 0 fully saturated rings.